The predicted octanol–water partition coefficient (Wildman–Crippen LogP) is 2.70. The second-order valence-corrected chi connectivity index (χ2v) is 5.33. The van der Waals surface area contributed by atoms with E-state index in [1.54, 1.807) is 18.2 Å². The number of hydrogen-bond acceptors (Lipinski definition) is 3. The SMILES string of the molecule is CCCN(C/C(N)=N/O)C(=O)c1cc(Cl)cc(Br)c1. The van der Waals surface area contributed by atoms with Gasteiger partial charge < -0.3 is 15.8 Å². The third-order valence-electron chi connectivity index (χ3n) is 2.37. The van der Waals surface area contributed by atoms with Gasteiger partial charge in [-0.3, -0.25) is 4.79 Å². The molecule has 0 saturated carbocycles. The van der Waals surface area contributed by atoms with Crippen LogP contribution in [-0.2, 0) is 0 Å². The lowest BCUT2D eigenvalue weighted by atomic mass is 10.2. The van der Waals surface area contributed by atoms with Crippen molar-refractivity contribution in [2.75, 3.05) is 13.1 Å². The van der Waals surface area contributed by atoms with Gasteiger partial charge in [0, 0.05) is 21.6 Å². The van der Waals surface area contributed by atoms with Crippen molar-refractivity contribution in [1.29, 1.82) is 0 Å². The molecular weight excluding hydrogens is 334 g/mol. The van der Waals surface area contributed by atoms with Crippen molar-refractivity contribution in [2.24, 2.45) is 10.9 Å². The monoisotopic (exact) mass is 347 g/mol. The highest BCUT2D eigenvalue weighted by Gasteiger charge is 2.17. The number of amidine groups is 1. The molecule has 0 bridgehead atoms. The van der Waals surface area contributed by atoms with Gasteiger partial charge >= 0.3 is 0 Å². The number of carbonyl (C=O) groups excluding carboxylic acids is 1. The van der Waals surface area contributed by atoms with Crippen LogP contribution in [0.15, 0.2) is 27.8 Å². The summed E-state index contributed by atoms with van der Waals surface area (Å²) in [5.74, 6) is -0.223. The molecule has 104 valence electrons. The van der Waals surface area contributed by atoms with E-state index in [1.807, 2.05) is 6.92 Å². The Morgan fingerprint density at radius 2 is 2.21 bits per heavy atom. The average molecular weight is 349 g/mol. The molecular formula is C12H15BrClN3O2. The Bertz CT molecular complexity index is 474. The molecule has 0 aliphatic rings. The minimum Gasteiger partial charge on any atom is -0.409 e. The summed E-state index contributed by atoms with van der Waals surface area (Å²) in [6.45, 7) is 2.53. The van der Waals surface area contributed by atoms with Crippen LogP contribution in [0.25, 0.3) is 0 Å². The van der Waals surface area contributed by atoms with Crippen LogP contribution in [0.1, 0.15) is 23.7 Å². The van der Waals surface area contributed by atoms with Crippen LogP contribution >= 0.6 is 27.5 Å². The number of carbonyl (C=O) groups is 1. The van der Waals surface area contributed by atoms with E-state index in [-0.39, 0.29) is 18.3 Å². The van der Waals surface area contributed by atoms with Gasteiger partial charge in [-0.2, -0.15) is 0 Å². The number of oxime groups is 1. The highest BCUT2D eigenvalue weighted by Crippen LogP contribution is 2.20. The Balaban J connectivity index is 2.98. The molecule has 1 amide bonds. The largest absolute Gasteiger partial charge is 0.409 e. The molecule has 0 saturated heterocycles. The summed E-state index contributed by atoms with van der Waals surface area (Å²) in [7, 11) is 0. The number of amides is 1. The summed E-state index contributed by atoms with van der Waals surface area (Å²) in [4.78, 5) is 13.9. The molecule has 0 spiro atoms. The third kappa shape index (κ3) is 4.72. The standard InChI is InChI=1S/C12H15BrClN3O2/c1-2-3-17(7-11(15)16-19)12(18)8-4-9(13)6-10(14)5-8/h4-6,19H,2-3,7H2,1H3,(H2,15,16). The molecule has 0 heterocycles. The van der Waals surface area contributed by atoms with E-state index in [1.165, 1.54) is 4.90 Å². The maximum atomic E-state index is 12.3. The molecule has 19 heavy (non-hydrogen) atoms. The van der Waals surface area contributed by atoms with Gasteiger partial charge in [-0.05, 0) is 24.6 Å². The molecule has 1 aromatic rings. The predicted molar refractivity (Wildman–Crippen MR) is 78.8 cm³/mol. The van der Waals surface area contributed by atoms with Crippen LogP contribution in [0, 0.1) is 0 Å². The van der Waals surface area contributed by atoms with E-state index in [9.17, 15) is 4.79 Å². The zero-order valence-corrected chi connectivity index (χ0v) is 12.8. The first kappa shape index (κ1) is 15.8. The number of benzene rings is 1. The molecule has 0 fully saturated rings. The van der Waals surface area contributed by atoms with Crippen LogP contribution in [-0.4, -0.2) is 34.9 Å². The van der Waals surface area contributed by atoms with Crippen LogP contribution in [0.5, 0.6) is 0 Å². The molecule has 3 N–H and O–H groups in total. The lowest BCUT2D eigenvalue weighted by molar-refractivity contribution is 0.0778. The molecule has 1 aromatic carbocycles. The first-order valence-corrected chi connectivity index (χ1v) is 6.86. The smallest absolute Gasteiger partial charge is 0.254 e. The van der Waals surface area contributed by atoms with Gasteiger partial charge in [-0.25, -0.2) is 0 Å². The summed E-state index contributed by atoms with van der Waals surface area (Å²) in [6, 6.07) is 4.97. The first-order valence-electron chi connectivity index (χ1n) is 5.69. The molecule has 0 aliphatic heterocycles. The summed E-state index contributed by atoms with van der Waals surface area (Å²) in [6.07, 6.45) is 0.770. The maximum absolute atomic E-state index is 12.3. The van der Waals surface area contributed by atoms with Gasteiger partial charge in [-0.15, -0.1) is 0 Å². The topological polar surface area (TPSA) is 78.9 Å². The van der Waals surface area contributed by atoms with Crippen LogP contribution in [0.2, 0.25) is 5.02 Å². The zero-order chi connectivity index (χ0) is 14.4. The number of hydrogen-bond donors (Lipinski definition) is 2. The fourth-order valence-electron chi connectivity index (χ4n) is 1.61. The fraction of sp³-hybridized carbons (Fsp3) is 0.333. The molecule has 0 aliphatic carbocycles. The highest BCUT2D eigenvalue weighted by atomic mass is 79.9. The lowest BCUT2D eigenvalue weighted by Gasteiger charge is -2.21. The van der Waals surface area contributed by atoms with Crippen molar-refractivity contribution in [1.82, 2.24) is 4.90 Å². The van der Waals surface area contributed by atoms with E-state index in [2.05, 4.69) is 21.1 Å². The quantitative estimate of drug-likeness (QED) is 0.372. The Morgan fingerprint density at radius 3 is 2.74 bits per heavy atom. The van der Waals surface area contributed by atoms with Crippen molar-refractivity contribution in [3.05, 3.63) is 33.3 Å². The average Bonchev–Trinajstić information content (AvgIpc) is 2.36. The molecule has 5 nitrogen and oxygen atoms in total. The molecule has 0 aromatic heterocycles. The zero-order valence-electron chi connectivity index (χ0n) is 10.4. The van der Waals surface area contributed by atoms with Crippen molar-refractivity contribution in [3.63, 3.8) is 0 Å². The van der Waals surface area contributed by atoms with Gasteiger partial charge in [0.05, 0.1) is 6.54 Å². The van der Waals surface area contributed by atoms with Crippen LogP contribution in [0.3, 0.4) is 0 Å². The summed E-state index contributed by atoms with van der Waals surface area (Å²) in [5.41, 5.74) is 5.91. The third-order valence-corrected chi connectivity index (χ3v) is 3.05. The van der Waals surface area contributed by atoms with Gasteiger partial charge in [0.25, 0.3) is 5.91 Å². The Labute approximate surface area is 125 Å². The molecule has 1 rings (SSSR count). The van der Waals surface area contributed by atoms with Crippen LogP contribution in [0.4, 0.5) is 0 Å². The van der Waals surface area contributed by atoms with Crippen molar-refractivity contribution in [2.45, 2.75) is 13.3 Å². The van der Waals surface area contributed by atoms with Gasteiger partial charge in [-0.1, -0.05) is 39.6 Å². The van der Waals surface area contributed by atoms with Gasteiger partial charge in [0.2, 0.25) is 0 Å². The summed E-state index contributed by atoms with van der Waals surface area (Å²) in [5, 5.41) is 11.9. The number of rotatable bonds is 5. The summed E-state index contributed by atoms with van der Waals surface area (Å²) < 4.78 is 0.726. The van der Waals surface area contributed by atoms with E-state index >= 15 is 0 Å². The fourth-order valence-corrected chi connectivity index (χ4v) is 2.47. The highest BCUT2D eigenvalue weighted by molar-refractivity contribution is 9.10. The van der Waals surface area contributed by atoms with E-state index < -0.39 is 0 Å². The molecule has 0 unspecified atom stereocenters. The van der Waals surface area contributed by atoms with Gasteiger partial charge in [0.15, 0.2) is 5.84 Å². The minimum absolute atomic E-state index is 0.0112. The van der Waals surface area contributed by atoms with Gasteiger partial charge in [0.1, 0.15) is 0 Å². The minimum atomic E-state index is -0.211. The van der Waals surface area contributed by atoms with Crippen LogP contribution < -0.4 is 5.73 Å². The Hall–Kier alpha value is -1.27. The molecule has 0 radical (unpaired) electrons. The Kier molecular flexibility index (Phi) is 6.11. The normalized spacial score (nSPS) is 11.4. The second kappa shape index (κ2) is 7.35. The lowest BCUT2D eigenvalue weighted by Crippen LogP contribution is -2.39. The maximum Gasteiger partial charge on any atom is 0.254 e. The van der Waals surface area contributed by atoms with E-state index in [0.717, 1.165) is 10.9 Å². The van der Waals surface area contributed by atoms with Crippen molar-refractivity contribution >= 4 is 39.3 Å². The number of nitrogens with zero attached hydrogens (tertiary/aromatic N) is 2. The molecule has 0 atom stereocenters. The number of nitrogens with two attached hydrogens (primary N) is 1. The summed E-state index contributed by atoms with van der Waals surface area (Å²) >= 11 is 9.21. The van der Waals surface area contributed by atoms with Crippen molar-refractivity contribution < 1.29 is 10.0 Å². The Morgan fingerprint density at radius 1 is 1.53 bits per heavy atom. The van der Waals surface area contributed by atoms with Crippen molar-refractivity contribution in [3.8, 4) is 0 Å². The number of halogens is 2. The molecule has 7 heteroatoms. The first-order chi connectivity index (χ1) is 8.97. The van der Waals surface area contributed by atoms with E-state index in [0.29, 0.717) is 17.1 Å². The second-order valence-electron chi connectivity index (χ2n) is 3.98. The van der Waals surface area contributed by atoms with E-state index in [4.69, 9.17) is 22.5 Å².